The Labute approximate surface area is 101 Å². The zero-order valence-corrected chi connectivity index (χ0v) is 10.2. The van der Waals surface area contributed by atoms with Crippen LogP contribution in [0, 0.1) is 12.7 Å². The van der Waals surface area contributed by atoms with E-state index in [2.05, 4.69) is 15.9 Å². The molecule has 0 saturated heterocycles. The van der Waals surface area contributed by atoms with Gasteiger partial charge in [-0.3, -0.25) is 0 Å². The van der Waals surface area contributed by atoms with E-state index in [0.717, 1.165) is 5.56 Å². The summed E-state index contributed by atoms with van der Waals surface area (Å²) >= 11 is 3.24. The minimum atomic E-state index is -1.08. The summed E-state index contributed by atoms with van der Waals surface area (Å²) in [4.78, 5) is 0. The second-order valence-corrected chi connectivity index (χ2v) is 4.45. The Kier molecular flexibility index (Phi) is 3.12. The summed E-state index contributed by atoms with van der Waals surface area (Å²) in [6.45, 7) is 1.80. The van der Waals surface area contributed by atoms with Gasteiger partial charge in [0, 0.05) is 10.0 Å². The number of hydrogen-bond donors (Lipinski definition) is 1. The number of benzene rings is 1. The predicted octanol–water partition coefficient (Wildman–Crippen LogP) is 3.57. The first kappa shape index (κ1) is 11.4. The lowest BCUT2D eigenvalue weighted by molar-refractivity contribution is 0.183. The summed E-state index contributed by atoms with van der Waals surface area (Å²) < 4.78 is 19.4. The lowest BCUT2D eigenvalue weighted by Crippen LogP contribution is -2.02. The highest BCUT2D eigenvalue weighted by atomic mass is 79.9. The van der Waals surface area contributed by atoms with E-state index in [1.165, 1.54) is 12.3 Å². The lowest BCUT2D eigenvalue weighted by Gasteiger charge is -2.10. The van der Waals surface area contributed by atoms with Crippen LogP contribution in [0.15, 0.2) is 39.4 Å². The van der Waals surface area contributed by atoms with Crippen LogP contribution in [0.5, 0.6) is 0 Å². The largest absolute Gasteiger partial charge is 0.466 e. The zero-order chi connectivity index (χ0) is 11.7. The normalized spacial score (nSPS) is 12.8. The minimum Gasteiger partial charge on any atom is -0.466 e. The highest BCUT2D eigenvalue weighted by molar-refractivity contribution is 9.10. The molecule has 0 aliphatic heterocycles. The molecule has 0 amide bonds. The minimum absolute atomic E-state index is 0.201. The van der Waals surface area contributed by atoms with Gasteiger partial charge in [-0.05, 0) is 36.8 Å². The molecule has 0 radical (unpaired) electrons. The van der Waals surface area contributed by atoms with Gasteiger partial charge in [0.15, 0.2) is 0 Å². The maximum absolute atomic E-state index is 13.5. The number of furan rings is 1. The fourth-order valence-corrected chi connectivity index (χ4v) is 1.91. The van der Waals surface area contributed by atoms with E-state index in [4.69, 9.17) is 4.42 Å². The Morgan fingerprint density at radius 2 is 2.12 bits per heavy atom. The van der Waals surface area contributed by atoms with E-state index in [9.17, 15) is 9.50 Å². The molecule has 2 rings (SSSR count). The summed E-state index contributed by atoms with van der Waals surface area (Å²) in [5.74, 6) is -0.0801. The van der Waals surface area contributed by atoms with Gasteiger partial charge in [0.2, 0.25) is 0 Å². The van der Waals surface area contributed by atoms with Crippen molar-refractivity contribution in [3.8, 4) is 0 Å². The van der Waals surface area contributed by atoms with Crippen LogP contribution in [0.4, 0.5) is 4.39 Å². The smallest absolute Gasteiger partial charge is 0.140 e. The van der Waals surface area contributed by atoms with Gasteiger partial charge >= 0.3 is 0 Å². The fraction of sp³-hybridized carbons (Fsp3) is 0.167. The van der Waals surface area contributed by atoms with Gasteiger partial charge < -0.3 is 9.52 Å². The van der Waals surface area contributed by atoms with E-state index >= 15 is 0 Å². The van der Waals surface area contributed by atoms with Crippen molar-refractivity contribution < 1.29 is 13.9 Å². The summed E-state index contributed by atoms with van der Waals surface area (Å²) in [5, 5.41) is 10.0. The molecule has 1 N–H and O–H groups in total. The molecule has 2 aromatic rings. The van der Waals surface area contributed by atoms with Gasteiger partial charge in [-0.1, -0.05) is 15.9 Å². The van der Waals surface area contributed by atoms with Gasteiger partial charge in [-0.15, -0.1) is 0 Å². The molecule has 0 saturated carbocycles. The third-order valence-corrected chi connectivity index (χ3v) is 2.90. The number of rotatable bonds is 2. The number of aryl methyl sites for hydroxylation is 1. The van der Waals surface area contributed by atoms with Gasteiger partial charge in [-0.25, -0.2) is 4.39 Å². The molecule has 0 fully saturated rings. The average Bonchev–Trinajstić information content (AvgIpc) is 2.67. The third kappa shape index (κ3) is 2.03. The van der Waals surface area contributed by atoms with E-state index in [0.29, 0.717) is 10.2 Å². The summed E-state index contributed by atoms with van der Waals surface area (Å²) in [7, 11) is 0. The molecule has 1 aromatic heterocycles. The molecule has 1 aromatic carbocycles. The highest BCUT2D eigenvalue weighted by Gasteiger charge is 2.19. The molecule has 16 heavy (non-hydrogen) atoms. The van der Waals surface area contributed by atoms with Crippen molar-refractivity contribution in [3.05, 3.63) is 57.7 Å². The molecule has 1 atom stereocenters. The van der Waals surface area contributed by atoms with Crippen molar-refractivity contribution in [3.63, 3.8) is 0 Å². The van der Waals surface area contributed by atoms with Crippen LogP contribution in [-0.4, -0.2) is 5.11 Å². The molecule has 0 bridgehead atoms. The van der Waals surface area contributed by atoms with E-state index < -0.39 is 11.9 Å². The Balaban J connectivity index is 2.45. The second kappa shape index (κ2) is 4.39. The van der Waals surface area contributed by atoms with E-state index in [1.54, 1.807) is 25.1 Å². The molecule has 4 heteroatoms. The van der Waals surface area contributed by atoms with Crippen LogP contribution in [-0.2, 0) is 0 Å². The first-order valence-electron chi connectivity index (χ1n) is 4.76. The van der Waals surface area contributed by atoms with Gasteiger partial charge in [-0.2, -0.15) is 0 Å². The van der Waals surface area contributed by atoms with E-state index in [1.807, 2.05) is 0 Å². The van der Waals surface area contributed by atoms with Crippen molar-refractivity contribution in [1.29, 1.82) is 0 Å². The summed E-state index contributed by atoms with van der Waals surface area (Å²) in [6, 6.07) is 6.16. The number of aliphatic hydroxyl groups excluding tert-OH is 1. The first-order valence-corrected chi connectivity index (χ1v) is 5.56. The topological polar surface area (TPSA) is 33.4 Å². The first-order chi connectivity index (χ1) is 7.59. The predicted molar refractivity (Wildman–Crippen MR) is 61.6 cm³/mol. The second-order valence-electron chi connectivity index (χ2n) is 3.54. The lowest BCUT2D eigenvalue weighted by atomic mass is 10.0. The van der Waals surface area contributed by atoms with Crippen molar-refractivity contribution in [2.45, 2.75) is 13.0 Å². The molecule has 0 aliphatic rings. The van der Waals surface area contributed by atoms with Crippen LogP contribution in [0.3, 0.4) is 0 Å². The molecule has 0 spiro atoms. The van der Waals surface area contributed by atoms with Gasteiger partial charge in [0.25, 0.3) is 0 Å². The third-order valence-electron chi connectivity index (χ3n) is 2.40. The maximum atomic E-state index is 13.5. The van der Waals surface area contributed by atoms with Crippen LogP contribution < -0.4 is 0 Å². The number of aliphatic hydroxyl groups is 1. The molecule has 0 aliphatic carbocycles. The molecule has 1 unspecified atom stereocenters. The molecule has 84 valence electrons. The highest BCUT2D eigenvalue weighted by Crippen LogP contribution is 2.29. The van der Waals surface area contributed by atoms with Crippen molar-refractivity contribution in [2.75, 3.05) is 0 Å². The Morgan fingerprint density at radius 3 is 2.75 bits per heavy atom. The van der Waals surface area contributed by atoms with Crippen molar-refractivity contribution in [1.82, 2.24) is 0 Å². The Bertz CT molecular complexity index is 507. The summed E-state index contributed by atoms with van der Waals surface area (Å²) in [5.41, 5.74) is 0.999. The SMILES string of the molecule is Cc1ccoc1C(O)c1cc(Br)ccc1F. The van der Waals surface area contributed by atoms with E-state index in [-0.39, 0.29) is 5.56 Å². The zero-order valence-electron chi connectivity index (χ0n) is 8.58. The fourth-order valence-electron chi connectivity index (χ4n) is 1.53. The maximum Gasteiger partial charge on any atom is 0.140 e. The van der Waals surface area contributed by atoms with Gasteiger partial charge in [0.1, 0.15) is 17.7 Å². The number of hydrogen-bond acceptors (Lipinski definition) is 2. The molecule has 2 nitrogen and oxygen atoms in total. The van der Waals surface area contributed by atoms with Gasteiger partial charge in [0.05, 0.1) is 6.26 Å². The van der Waals surface area contributed by atoms with Crippen LogP contribution in [0.1, 0.15) is 23.0 Å². The van der Waals surface area contributed by atoms with Crippen molar-refractivity contribution in [2.24, 2.45) is 0 Å². The number of halogens is 2. The summed E-state index contributed by atoms with van der Waals surface area (Å²) in [6.07, 6.45) is 0.400. The van der Waals surface area contributed by atoms with Crippen LogP contribution >= 0.6 is 15.9 Å². The molecular weight excluding hydrogens is 275 g/mol. The monoisotopic (exact) mass is 284 g/mol. The molecule has 1 heterocycles. The molecular formula is C12H10BrFO2. The quantitative estimate of drug-likeness (QED) is 0.915. The van der Waals surface area contributed by atoms with Crippen LogP contribution in [0.2, 0.25) is 0 Å². The van der Waals surface area contributed by atoms with Crippen molar-refractivity contribution >= 4 is 15.9 Å². The Hall–Kier alpha value is -1.13. The standard InChI is InChI=1S/C12H10BrFO2/c1-7-4-5-16-12(7)11(15)9-6-8(13)2-3-10(9)14/h2-6,11,15H,1H3. The average molecular weight is 285 g/mol. The Morgan fingerprint density at radius 1 is 1.38 bits per heavy atom. The van der Waals surface area contributed by atoms with Crippen LogP contribution in [0.25, 0.3) is 0 Å².